The lowest BCUT2D eigenvalue weighted by molar-refractivity contribution is 0.102. The first-order valence-electron chi connectivity index (χ1n) is 6.83. The van der Waals surface area contributed by atoms with E-state index in [-0.39, 0.29) is 5.91 Å². The van der Waals surface area contributed by atoms with Crippen molar-refractivity contribution in [2.75, 3.05) is 5.32 Å². The van der Waals surface area contributed by atoms with Crippen molar-refractivity contribution >= 4 is 27.5 Å². The fourth-order valence-electron chi connectivity index (χ4n) is 1.90. The monoisotopic (exact) mass is 372 g/mol. The molecule has 7 heteroatoms. The largest absolute Gasteiger partial charge is 0.439 e. The maximum Gasteiger partial charge on any atom is 0.276 e. The lowest BCUT2D eigenvalue weighted by Crippen LogP contribution is -2.12. The van der Waals surface area contributed by atoms with Crippen LogP contribution < -0.4 is 10.1 Å². The summed E-state index contributed by atoms with van der Waals surface area (Å²) < 4.78 is 6.56. The van der Waals surface area contributed by atoms with Crippen molar-refractivity contribution in [3.8, 4) is 11.6 Å². The van der Waals surface area contributed by atoms with E-state index in [0.29, 0.717) is 23.0 Å². The highest BCUT2D eigenvalue weighted by molar-refractivity contribution is 9.10. The predicted molar refractivity (Wildman–Crippen MR) is 89.7 cm³/mol. The minimum absolute atomic E-state index is 0.295. The van der Waals surface area contributed by atoms with Crippen LogP contribution in [0.1, 0.15) is 16.2 Å². The van der Waals surface area contributed by atoms with Crippen LogP contribution in [-0.2, 0) is 0 Å². The Morgan fingerprint density at radius 3 is 2.78 bits per heavy atom. The molecule has 0 saturated carbocycles. The SMILES string of the molecule is Cc1cc(C(=O)Nc2ccc(Oc3cccc(Br)c3)nc2)n[nH]1. The first kappa shape index (κ1) is 15.2. The Morgan fingerprint density at radius 1 is 1.26 bits per heavy atom. The van der Waals surface area contributed by atoms with Gasteiger partial charge in [0.15, 0.2) is 5.69 Å². The van der Waals surface area contributed by atoms with Crippen LogP contribution in [0.3, 0.4) is 0 Å². The molecule has 1 amide bonds. The third-order valence-electron chi connectivity index (χ3n) is 2.95. The van der Waals surface area contributed by atoms with E-state index in [4.69, 9.17) is 4.74 Å². The number of aromatic amines is 1. The Balaban J connectivity index is 1.66. The number of carbonyl (C=O) groups excluding carboxylic acids is 1. The highest BCUT2D eigenvalue weighted by atomic mass is 79.9. The van der Waals surface area contributed by atoms with Crippen LogP contribution in [0.15, 0.2) is 53.1 Å². The minimum Gasteiger partial charge on any atom is -0.439 e. The van der Waals surface area contributed by atoms with E-state index in [0.717, 1.165) is 10.2 Å². The third-order valence-corrected chi connectivity index (χ3v) is 3.44. The number of pyridine rings is 1. The van der Waals surface area contributed by atoms with E-state index in [1.807, 2.05) is 31.2 Å². The summed E-state index contributed by atoms with van der Waals surface area (Å²) in [6, 6.07) is 12.5. The predicted octanol–water partition coefficient (Wildman–Crippen LogP) is 3.92. The van der Waals surface area contributed by atoms with Crippen LogP contribution in [-0.4, -0.2) is 21.1 Å². The Bertz CT molecular complexity index is 830. The van der Waals surface area contributed by atoms with E-state index < -0.39 is 0 Å². The van der Waals surface area contributed by atoms with Gasteiger partial charge in [-0.15, -0.1) is 0 Å². The van der Waals surface area contributed by atoms with Crippen molar-refractivity contribution in [2.45, 2.75) is 6.92 Å². The number of aromatic nitrogens is 3. The molecule has 0 saturated heterocycles. The topological polar surface area (TPSA) is 79.9 Å². The second-order valence-corrected chi connectivity index (χ2v) is 5.75. The summed E-state index contributed by atoms with van der Waals surface area (Å²) in [5.41, 5.74) is 1.72. The lowest BCUT2D eigenvalue weighted by atomic mass is 10.3. The zero-order chi connectivity index (χ0) is 16.2. The maximum atomic E-state index is 12.0. The van der Waals surface area contributed by atoms with Gasteiger partial charge in [0.2, 0.25) is 5.88 Å². The number of hydrogen-bond donors (Lipinski definition) is 2. The highest BCUT2D eigenvalue weighted by Crippen LogP contribution is 2.23. The van der Waals surface area contributed by atoms with Gasteiger partial charge in [0.05, 0.1) is 11.9 Å². The number of benzene rings is 1. The molecule has 0 bridgehead atoms. The van der Waals surface area contributed by atoms with Gasteiger partial charge in [0, 0.05) is 16.2 Å². The first-order valence-corrected chi connectivity index (χ1v) is 7.62. The lowest BCUT2D eigenvalue weighted by Gasteiger charge is -2.06. The van der Waals surface area contributed by atoms with Crippen molar-refractivity contribution in [1.82, 2.24) is 15.2 Å². The van der Waals surface area contributed by atoms with Crippen molar-refractivity contribution in [3.63, 3.8) is 0 Å². The van der Waals surface area contributed by atoms with Gasteiger partial charge in [-0.1, -0.05) is 22.0 Å². The summed E-state index contributed by atoms with van der Waals surface area (Å²) in [5.74, 6) is 0.823. The molecular formula is C16H13BrN4O2. The van der Waals surface area contributed by atoms with E-state index >= 15 is 0 Å². The number of amides is 1. The number of rotatable bonds is 4. The van der Waals surface area contributed by atoms with Gasteiger partial charge in [-0.25, -0.2) is 4.98 Å². The molecule has 2 heterocycles. The molecule has 116 valence electrons. The normalized spacial score (nSPS) is 10.3. The third kappa shape index (κ3) is 3.95. The van der Waals surface area contributed by atoms with Gasteiger partial charge in [0.25, 0.3) is 5.91 Å². The number of halogens is 1. The van der Waals surface area contributed by atoms with Crippen LogP contribution in [0, 0.1) is 6.92 Å². The average molecular weight is 373 g/mol. The Labute approximate surface area is 141 Å². The zero-order valence-electron chi connectivity index (χ0n) is 12.2. The fraction of sp³-hybridized carbons (Fsp3) is 0.0625. The summed E-state index contributed by atoms with van der Waals surface area (Å²) in [5, 5.41) is 9.36. The van der Waals surface area contributed by atoms with Crippen molar-refractivity contribution < 1.29 is 9.53 Å². The summed E-state index contributed by atoms with van der Waals surface area (Å²) >= 11 is 3.38. The van der Waals surface area contributed by atoms with Gasteiger partial charge >= 0.3 is 0 Å². The number of nitrogens with one attached hydrogen (secondary N) is 2. The summed E-state index contributed by atoms with van der Waals surface area (Å²) in [7, 11) is 0. The number of hydrogen-bond acceptors (Lipinski definition) is 4. The molecule has 0 aliphatic carbocycles. The molecule has 0 radical (unpaired) electrons. The van der Waals surface area contributed by atoms with Crippen LogP contribution in [0.2, 0.25) is 0 Å². The van der Waals surface area contributed by atoms with Crippen LogP contribution in [0.4, 0.5) is 5.69 Å². The van der Waals surface area contributed by atoms with Crippen molar-refractivity contribution in [1.29, 1.82) is 0 Å². The Morgan fingerprint density at radius 2 is 2.13 bits per heavy atom. The molecule has 1 aromatic carbocycles. The second kappa shape index (κ2) is 6.62. The smallest absolute Gasteiger partial charge is 0.276 e. The van der Waals surface area contributed by atoms with E-state index in [1.165, 1.54) is 6.20 Å². The van der Waals surface area contributed by atoms with Gasteiger partial charge in [0.1, 0.15) is 5.75 Å². The van der Waals surface area contributed by atoms with Crippen LogP contribution in [0.5, 0.6) is 11.6 Å². The molecule has 0 spiro atoms. The fourth-order valence-corrected chi connectivity index (χ4v) is 2.27. The maximum absolute atomic E-state index is 12.0. The molecule has 0 unspecified atom stereocenters. The quantitative estimate of drug-likeness (QED) is 0.727. The first-order chi connectivity index (χ1) is 11.1. The van der Waals surface area contributed by atoms with E-state index in [2.05, 4.69) is 36.4 Å². The molecule has 0 aliphatic heterocycles. The van der Waals surface area contributed by atoms with E-state index in [9.17, 15) is 4.79 Å². The Kier molecular flexibility index (Phi) is 4.38. The number of H-pyrrole nitrogens is 1. The average Bonchev–Trinajstić information content (AvgIpc) is 2.96. The second-order valence-electron chi connectivity index (χ2n) is 4.83. The van der Waals surface area contributed by atoms with Crippen LogP contribution >= 0.6 is 15.9 Å². The van der Waals surface area contributed by atoms with Crippen molar-refractivity contribution in [3.05, 3.63) is 64.5 Å². The van der Waals surface area contributed by atoms with E-state index in [1.54, 1.807) is 18.2 Å². The molecule has 3 rings (SSSR count). The number of carbonyl (C=O) groups is 1. The number of nitrogens with zero attached hydrogens (tertiary/aromatic N) is 2. The molecule has 0 atom stereocenters. The molecule has 0 aliphatic rings. The van der Waals surface area contributed by atoms with Gasteiger partial charge in [-0.3, -0.25) is 9.89 Å². The Hall–Kier alpha value is -2.67. The molecular weight excluding hydrogens is 360 g/mol. The summed E-state index contributed by atoms with van der Waals surface area (Å²) in [6.07, 6.45) is 1.53. The van der Waals surface area contributed by atoms with Crippen molar-refractivity contribution in [2.24, 2.45) is 0 Å². The number of anilines is 1. The van der Waals surface area contributed by atoms with Gasteiger partial charge < -0.3 is 10.1 Å². The zero-order valence-corrected chi connectivity index (χ0v) is 13.8. The standard InChI is InChI=1S/C16H13BrN4O2/c1-10-7-14(21-20-10)16(22)19-12-5-6-15(18-9-12)23-13-4-2-3-11(17)8-13/h2-9H,1H3,(H,19,22)(H,20,21). The molecule has 6 nitrogen and oxygen atoms in total. The molecule has 3 aromatic rings. The van der Waals surface area contributed by atoms with Gasteiger partial charge in [-0.2, -0.15) is 5.10 Å². The number of ether oxygens (including phenoxy) is 1. The molecule has 2 N–H and O–H groups in total. The minimum atomic E-state index is -0.295. The molecule has 23 heavy (non-hydrogen) atoms. The number of aryl methyl sites for hydroxylation is 1. The molecule has 2 aromatic heterocycles. The highest BCUT2D eigenvalue weighted by Gasteiger charge is 2.09. The summed E-state index contributed by atoms with van der Waals surface area (Å²) in [6.45, 7) is 1.83. The molecule has 0 fully saturated rings. The summed E-state index contributed by atoms with van der Waals surface area (Å²) in [4.78, 5) is 16.2. The van der Waals surface area contributed by atoms with Crippen LogP contribution in [0.25, 0.3) is 0 Å². The van der Waals surface area contributed by atoms with Gasteiger partial charge in [-0.05, 0) is 37.3 Å².